The Morgan fingerprint density at radius 2 is 1.09 bits per heavy atom. The lowest BCUT2D eigenvalue weighted by Crippen LogP contribution is -2.39. The second kappa shape index (κ2) is 9.57. The molecule has 6 aromatic carbocycles. The fourth-order valence-electron chi connectivity index (χ4n) is 7.49. The van der Waals surface area contributed by atoms with Gasteiger partial charge in [-0.15, -0.1) is 0 Å². The highest BCUT2D eigenvalue weighted by Crippen LogP contribution is 2.62. The molecule has 1 spiro atoms. The van der Waals surface area contributed by atoms with Gasteiger partial charge in [0.15, 0.2) is 5.43 Å². The van der Waals surface area contributed by atoms with Crippen molar-refractivity contribution in [1.82, 2.24) is 4.57 Å². The number of aryl methyl sites for hydroxylation is 1. The minimum Gasteiger partial charge on any atom is -0.457 e. The third-order valence-corrected chi connectivity index (χ3v) is 9.36. The van der Waals surface area contributed by atoms with Crippen LogP contribution in [-0.4, -0.2) is 4.57 Å². The van der Waals surface area contributed by atoms with E-state index in [1.807, 2.05) is 43.5 Å². The maximum atomic E-state index is 13.7. The van der Waals surface area contributed by atoms with Gasteiger partial charge in [0.25, 0.3) is 0 Å². The number of fused-ring (bicyclic) bond motifs is 9. The Morgan fingerprint density at radius 3 is 1.71 bits per heavy atom. The van der Waals surface area contributed by atoms with Crippen LogP contribution in [-0.2, 0) is 5.41 Å². The molecule has 4 heteroatoms. The molecule has 0 radical (unpaired) electrons. The quantitative estimate of drug-likeness (QED) is 0.204. The van der Waals surface area contributed by atoms with Crippen molar-refractivity contribution in [1.29, 1.82) is 0 Å². The summed E-state index contributed by atoms with van der Waals surface area (Å²) in [7, 11) is 0. The summed E-state index contributed by atoms with van der Waals surface area (Å²) < 4.78 is 8.63. The molecule has 9 rings (SSSR count). The molecule has 0 saturated carbocycles. The van der Waals surface area contributed by atoms with Crippen LogP contribution in [0.25, 0.3) is 16.6 Å². The van der Waals surface area contributed by atoms with Crippen molar-refractivity contribution in [2.45, 2.75) is 12.3 Å². The number of nitrogens with zero attached hydrogens (tertiary/aromatic N) is 2. The highest BCUT2D eigenvalue weighted by Gasteiger charge is 2.50. The van der Waals surface area contributed by atoms with Crippen molar-refractivity contribution in [3.8, 4) is 17.2 Å². The molecule has 0 aliphatic carbocycles. The fraction of sp³-hybridized carbons (Fsp3) is 0.0488. The average molecular weight is 581 g/mol. The molecule has 0 saturated heterocycles. The predicted octanol–water partition coefficient (Wildman–Crippen LogP) is 9.57. The molecule has 3 heterocycles. The monoisotopic (exact) mass is 580 g/mol. The average Bonchev–Trinajstić information content (AvgIpc) is 3.10. The van der Waals surface area contributed by atoms with Gasteiger partial charge in [0.1, 0.15) is 11.5 Å². The molecule has 7 aromatic rings. The van der Waals surface area contributed by atoms with E-state index in [0.29, 0.717) is 10.9 Å². The number of hydrogen-bond donors (Lipinski definition) is 0. The smallest absolute Gasteiger partial charge is 0.192 e. The number of anilines is 3. The SMILES string of the molecule is Cc1cn(-c2ccccc2)c2ccc(N3c4ccccc4C4(c5ccccc5Oc5ccccc54)c4ccccc43)cc2c1=O. The van der Waals surface area contributed by atoms with Crippen LogP contribution in [0.2, 0.25) is 0 Å². The second-order valence-corrected chi connectivity index (χ2v) is 11.8. The summed E-state index contributed by atoms with van der Waals surface area (Å²) in [5, 5.41) is 0.688. The summed E-state index contributed by atoms with van der Waals surface area (Å²) in [4.78, 5) is 16.0. The summed E-state index contributed by atoms with van der Waals surface area (Å²) in [5.41, 5.74) is 9.68. The van der Waals surface area contributed by atoms with Crippen molar-refractivity contribution < 1.29 is 4.74 Å². The molecule has 214 valence electrons. The minimum atomic E-state index is -0.595. The molecular weight excluding hydrogens is 552 g/mol. The van der Waals surface area contributed by atoms with E-state index < -0.39 is 5.41 Å². The first-order valence-corrected chi connectivity index (χ1v) is 15.2. The van der Waals surface area contributed by atoms with Crippen molar-refractivity contribution in [3.05, 3.63) is 190 Å². The molecule has 0 unspecified atom stereocenters. The van der Waals surface area contributed by atoms with Gasteiger partial charge >= 0.3 is 0 Å². The van der Waals surface area contributed by atoms with Crippen LogP contribution in [0.15, 0.2) is 157 Å². The first kappa shape index (κ1) is 25.6. The standard InChI is InChI=1S/C41H28N2O2/c1-27-26-42(28-13-3-2-4-14-28)35-24-23-29(25-30(35)40(27)44)43-36-19-9-5-15-31(36)41(32-16-6-10-20-37(32)43)33-17-7-11-21-38(33)45-39-22-12-8-18-34(39)41/h2-26H,1H3. The van der Waals surface area contributed by atoms with Gasteiger partial charge in [-0.25, -0.2) is 0 Å². The largest absolute Gasteiger partial charge is 0.457 e. The van der Waals surface area contributed by atoms with Crippen LogP contribution >= 0.6 is 0 Å². The van der Waals surface area contributed by atoms with Crippen molar-refractivity contribution in [2.24, 2.45) is 0 Å². The molecule has 1 aromatic heterocycles. The normalized spacial score (nSPS) is 13.8. The van der Waals surface area contributed by atoms with E-state index in [-0.39, 0.29) is 5.43 Å². The number of aromatic nitrogens is 1. The zero-order chi connectivity index (χ0) is 30.1. The van der Waals surface area contributed by atoms with Crippen molar-refractivity contribution >= 4 is 28.0 Å². The van der Waals surface area contributed by atoms with Crippen molar-refractivity contribution in [3.63, 3.8) is 0 Å². The van der Waals surface area contributed by atoms with Gasteiger partial charge in [-0.2, -0.15) is 0 Å². The molecule has 0 bridgehead atoms. The third kappa shape index (κ3) is 3.51. The highest BCUT2D eigenvalue weighted by atomic mass is 16.5. The number of benzene rings is 6. The fourth-order valence-corrected chi connectivity index (χ4v) is 7.49. The Morgan fingerprint density at radius 1 is 0.556 bits per heavy atom. The second-order valence-electron chi connectivity index (χ2n) is 11.8. The summed E-state index contributed by atoms with van der Waals surface area (Å²) in [5.74, 6) is 1.72. The summed E-state index contributed by atoms with van der Waals surface area (Å²) in [6, 6.07) is 50.5. The molecule has 0 N–H and O–H groups in total. The zero-order valence-corrected chi connectivity index (χ0v) is 24.6. The van der Waals surface area contributed by atoms with Crippen molar-refractivity contribution in [2.75, 3.05) is 4.90 Å². The summed E-state index contributed by atoms with van der Waals surface area (Å²) in [6.45, 7) is 1.89. The molecule has 45 heavy (non-hydrogen) atoms. The van der Waals surface area contributed by atoms with E-state index in [1.165, 1.54) is 0 Å². The van der Waals surface area contributed by atoms with Crippen LogP contribution in [0.5, 0.6) is 11.5 Å². The topological polar surface area (TPSA) is 34.5 Å². The first-order valence-electron chi connectivity index (χ1n) is 15.2. The van der Waals surface area contributed by atoms with Gasteiger partial charge < -0.3 is 14.2 Å². The number of ether oxygens (including phenoxy) is 1. The Bertz CT molecular complexity index is 2260. The first-order chi connectivity index (χ1) is 22.2. The molecule has 2 aliphatic heterocycles. The van der Waals surface area contributed by atoms with E-state index in [4.69, 9.17) is 4.74 Å². The molecule has 0 atom stereocenters. The van der Waals surface area contributed by atoms with Gasteiger partial charge in [0, 0.05) is 39.6 Å². The Balaban J connectivity index is 1.35. The Labute approximate surface area is 261 Å². The summed E-state index contributed by atoms with van der Waals surface area (Å²) >= 11 is 0. The number of rotatable bonds is 2. The molecule has 4 nitrogen and oxygen atoms in total. The lowest BCUT2D eigenvalue weighted by Gasteiger charge is -2.48. The van der Waals surface area contributed by atoms with E-state index in [2.05, 4.69) is 125 Å². The predicted molar refractivity (Wildman–Crippen MR) is 181 cm³/mol. The van der Waals surface area contributed by atoms with Gasteiger partial charge in [-0.3, -0.25) is 4.79 Å². The van der Waals surface area contributed by atoms with Crippen LogP contribution < -0.4 is 15.1 Å². The van der Waals surface area contributed by atoms with Gasteiger partial charge in [-0.05, 0) is 72.6 Å². The zero-order valence-electron chi connectivity index (χ0n) is 24.6. The van der Waals surface area contributed by atoms with Crippen LogP contribution in [0, 0.1) is 6.92 Å². The van der Waals surface area contributed by atoms with E-state index in [9.17, 15) is 4.79 Å². The van der Waals surface area contributed by atoms with Crippen LogP contribution in [0.3, 0.4) is 0 Å². The van der Waals surface area contributed by atoms with Gasteiger partial charge in [-0.1, -0.05) is 91.0 Å². The van der Waals surface area contributed by atoms with E-state index in [0.717, 1.165) is 62.0 Å². The van der Waals surface area contributed by atoms with Gasteiger partial charge in [0.05, 0.1) is 22.3 Å². The molecule has 0 fully saturated rings. The Hall–Kier alpha value is -5.87. The maximum Gasteiger partial charge on any atom is 0.192 e. The summed E-state index contributed by atoms with van der Waals surface area (Å²) in [6.07, 6.45) is 1.94. The number of pyridine rings is 1. The molecular formula is C41H28N2O2. The van der Waals surface area contributed by atoms with Crippen LogP contribution in [0.1, 0.15) is 27.8 Å². The van der Waals surface area contributed by atoms with Gasteiger partial charge in [0.2, 0.25) is 0 Å². The lowest BCUT2D eigenvalue weighted by atomic mass is 9.61. The number of para-hydroxylation sites is 5. The Kier molecular flexibility index (Phi) is 5.44. The molecule has 0 amide bonds. The van der Waals surface area contributed by atoms with E-state index >= 15 is 0 Å². The minimum absolute atomic E-state index is 0.0429. The number of hydrogen-bond acceptors (Lipinski definition) is 3. The van der Waals surface area contributed by atoms with E-state index in [1.54, 1.807) is 0 Å². The maximum absolute atomic E-state index is 13.7. The van der Waals surface area contributed by atoms with Crippen LogP contribution in [0.4, 0.5) is 17.1 Å². The molecule has 2 aliphatic rings. The third-order valence-electron chi connectivity index (χ3n) is 9.36. The highest BCUT2D eigenvalue weighted by molar-refractivity contribution is 5.94. The lowest BCUT2D eigenvalue weighted by molar-refractivity contribution is 0.434.